The van der Waals surface area contributed by atoms with Gasteiger partial charge in [0.1, 0.15) is 6.04 Å². The molecule has 1 aliphatic heterocycles. The highest BCUT2D eigenvalue weighted by Gasteiger charge is 2.52. The van der Waals surface area contributed by atoms with Gasteiger partial charge in [-0.3, -0.25) is 14.4 Å². The summed E-state index contributed by atoms with van der Waals surface area (Å²) < 4.78 is 5.44. The Morgan fingerprint density at radius 2 is 1.71 bits per heavy atom. The minimum Gasteiger partial charge on any atom is -0.361 e. The fourth-order valence-corrected chi connectivity index (χ4v) is 4.72. The Hall–Kier alpha value is -2.21. The van der Waals surface area contributed by atoms with Crippen molar-refractivity contribution >= 4 is 17.6 Å². The molecule has 0 spiro atoms. The van der Waals surface area contributed by atoms with Crippen LogP contribution in [-0.4, -0.2) is 41.9 Å². The Kier molecular flexibility index (Phi) is 10.7. The van der Waals surface area contributed by atoms with Crippen molar-refractivity contribution in [2.75, 3.05) is 6.61 Å². The normalized spacial score (nSPS) is 22.5. The van der Waals surface area contributed by atoms with Gasteiger partial charge >= 0.3 is 0 Å². The first-order valence-electron chi connectivity index (χ1n) is 13.1. The monoisotopic (exact) mass is 472 g/mol. The second kappa shape index (κ2) is 13.0. The summed E-state index contributed by atoms with van der Waals surface area (Å²) in [6.07, 6.45) is 4.93. The lowest BCUT2D eigenvalue weighted by atomic mass is 9.82. The molecular formula is C28H44N2O4. The van der Waals surface area contributed by atoms with Crippen LogP contribution >= 0.6 is 0 Å². The van der Waals surface area contributed by atoms with Crippen LogP contribution in [0.5, 0.6) is 0 Å². The molecule has 0 saturated carbocycles. The van der Waals surface area contributed by atoms with E-state index in [0.29, 0.717) is 32.3 Å². The van der Waals surface area contributed by atoms with E-state index in [1.807, 2.05) is 47.6 Å². The molecule has 1 aromatic carbocycles. The van der Waals surface area contributed by atoms with Crippen molar-refractivity contribution in [1.82, 2.24) is 10.6 Å². The maximum absolute atomic E-state index is 13.0. The van der Waals surface area contributed by atoms with Crippen molar-refractivity contribution in [1.29, 1.82) is 0 Å². The number of carbonyl (C=O) groups excluding carboxylic acids is 3. The molecule has 4 atom stereocenters. The van der Waals surface area contributed by atoms with Gasteiger partial charge in [0.2, 0.25) is 11.8 Å². The molecule has 0 radical (unpaired) electrons. The largest absolute Gasteiger partial charge is 0.361 e. The van der Waals surface area contributed by atoms with E-state index in [9.17, 15) is 14.4 Å². The topological polar surface area (TPSA) is 87.8 Å². The van der Waals surface area contributed by atoms with Crippen molar-refractivity contribution in [3.8, 4) is 0 Å². The maximum atomic E-state index is 13.0. The molecule has 1 saturated heterocycles. The molecule has 2 aliphatic rings. The van der Waals surface area contributed by atoms with E-state index < -0.39 is 17.7 Å². The predicted octanol–water partition coefficient (Wildman–Crippen LogP) is 4.38. The number of epoxide rings is 1. The predicted molar refractivity (Wildman–Crippen MR) is 136 cm³/mol. The molecule has 2 amide bonds. The van der Waals surface area contributed by atoms with Crippen LogP contribution < -0.4 is 10.6 Å². The first kappa shape index (κ1) is 28.0. The van der Waals surface area contributed by atoms with Crippen molar-refractivity contribution in [3.63, 3.8) is 0 Å². The number of hydrogen-bond donors (Lipinski definition) is 2. The number of rotatable bonds is 11. The number of hydrogen-bond acceptors (Lipinski definition) is 4. The number of ketones is 1. The van der Waals surface area contributed by atoms with Crippen molar-refractivity contribution in [2.24, 2.45) is 11.8 Å². The number of carbonyl (C=O) groups is 3. The van der Waals surface area contributed by atoms with Crippen molar-refractivity contribution in [3.05, 3.63) is 35.4 Å². The first-order chi connectivity index (χ1) is 16.3. The van der Waals surface area contributed by atoms with Gasteiger partial charge in [-0.25, -0.2) is 0 Å². The third-order valence-electron chi connectivity index (χ3n) is 6.84. The smallest absolute Gasteiger partial charge is 0.243 e. The molecule has 1 aromatic rings. The van der Waals surface area contributed by atoms with Crippen LogP contribution in [0, 0.1) is 11.8 Å². The van der Waals surface area contributed by atoms with Crippen molar-refractivity contribution in [2.45, 2.75) is 104 Å². The van der Waals surface area contributed by atoms with Crippen LogP contribution in [0.3, 0.4) is 0 Å². The van der Waals surface area contributed by atoms with Crippen LogP contribution in [-0.2, 0) is 32.0 Å². The van der Waals surface area contributed by atoms with Crippen molar-refractivity contribution < 1.29 is 19.1 Å². The van der Waals surface area contributed by atoms with E-state index in [-0.39, 0.29) is 29.4 Å². The molecule has 6 nitrogen and oxygen atoms in total. The summed E-state index contributed by atoms with van der Waals surface area (Å²) in [4.78, 5) is 38.7. The lowest BCUT2D eigenvalue weighted by Gasteiger charge is -2.26. The van der Waals surface area contributed by atoms with Crippen LogP contribution in [0.2, 0.25) is 0 Å². The van der Waals surface area contributed by atoms with Crippen LogP contribution in [0.4, 0.5) is 0 Å². The summed E-state index contributed by atoms with van der Waals surface area (Å²) in [5.74, 6) is 0.0985. The van der Waals surface area contributed by atoms with Gasteiger partial charge in [0.25, 0.3) is 0 Å². The second-order valence-electron chi connectivity index (χ2n) is 9.80. The molecule has 1 aliphatic carbocycles. The van der Waals surface area contributed by atoms with E-state index >= 15 is 0 Å². The van der Waals surface area contributed by atoms with Crippen LogP contribution in [0.25, 0.3) is 0 Å². The third-order valence-corrected chi connectivity index (χ3v) is 6.84. The van der Waals surface area contributed by atoms with Gasteiger partial charge < -0.3 is 15.4 Å². The van der Waals surface area contributed by atoms with Gasteiger partial charge in [-0.2, -0.15) is 0 Å². The molecule has 6 heteroatoms. The molecule has 1 fully saturated rings. The molecule has 190 valence electrons. The van der Waals surface area contributed by atoms with Gasteiger partial charge in [-0.15, -0.1) is 0 Å². The molecule has 34 heavy (non-hydrogen) atoms. The molecular weight excluding hydrogens is 428 g/mol. The number of aryl methyl sites for hydroxylation is 1. The number of benzene rings is 1. The highest BCUT2D eigenvalue weighted by atomic mass is 16.6. The number of ether oxygens (including phenoxy) is 1. The Labute approximate surface area is 205 Å². The minimum atomic E-state index is -0.741. The quantitative estimate of drug-likeness (QED) is 0.468. The summed E-state index contributed by atoms with van der Waals surface area (Å²) >= 11 is 0. The number of nitrogens with one attached hydrogen (secondary N) is 2. The van der Waals surface area contributed by atoms with Gasteiger partial charge in [0.05, 0.1) is 12.6 Å². The van der Waals surface area contributed by atoms with Crippen LogP contribution in [0.15, 0.2) is 24.3 Å². The molecule has 3 rings (SSSR count). The Balaban J connectivity index is 0.00000199. The van der Waals surface area contributed by atoms with Gasteiger partial charge in [-0.1, -0.05) is 65.8 Å². The average molecular weight is 473 g/mol. The fourth-order valence-electron chi connectivity index (χ4n) is 4.72. The zero-order valence-corrected chi connectivity index (χ0v) is 21.9. The number of Topliss-reactive ketones (excluding diaryl/α,β-unsaturated/α-hetero) is 1. The summed E-state index contributed by atoms with van der Waals surface area (Å²) in [5, 5.41) is 5.83. The number of amides is 2. The zero-order valence-electron chi connectivity index (χ0n) is 21.9. The molecule has 0 bridgehead atoms. The summed E-state index contributed by atoms with van der Waals surface area (Å²) in [6, 6.07) is 7.17. The highest BCUT2D eigenvalue weighted by Crippen LogP contribution is 2.34. The molecule has 1 heterocycles. The summed E-state index contributed by atoms with van der Waals surface area (Å²) in [6.45, 7) is 12.3. The molecule has 0 aromatic heterocycles. The van der Waals surface area contributed by atoms with Gasteiger partial charge in [0, 0.05) is 6.42 Å². The van der Waals surface area contributed by atoms with Crippen LogP contribution in [0.1, 0.15) is 84.8 Å². The molecule has 2 N–H and O–H groups in total. The standard InChI is InChI=1S/C26H38N2O4.C2H6/c1-5-21(25(31)28-22(13-17(3)4)24(30)26(6-2)16-32-26)27-23(29)15-18-11-12-19-9-7-8-10-20(19)14-18;1-2/h7-10,17-18,21-22H,5-6,11-16H2,1-4H3,(H,27,29)(H,28,31);1-2H3. The lowest BCUT2D eigenvalue weighted by Crippen LogP contribution is -2.54. The summed E-state index contributed by atoms with van der Waals surface area (Å²) in [5.41, 5.74) is 1.96. The highest BCUT2D eigenvalue weighted by molar-refractivity contribution is 5.98. The minimum absolute atomic E-state index is 0.0518. The Morgan fingerprint density at radius 1 is 1.06 bits per heavy atom. The zero-order chi connectivity index (χ0) is 25.3. The average Bonchev–Trinajstić information content (AvgIpc) is 3.64. The van der Waals surface area contributed by atoms with Gasteiger partial charge in [-0.05, 0) is 61.5 Å². The van der Waals surface area contributed by atoms with E-state index in [1.165, 1.54) is 11.1 Å². The second-order valence-corrected chi connectivity index (χ2v) is 9.80. The van der Waals surface area contributed by atoms with E-state index in [2.05, 4.69) is 28.8 Å². The summed E-state index contributed by atoms with van der Waals surface area (Å²) in [7, 11) is 0. The Bertz CT molecular complexity index is 831. The van der Waals surface area contributed by atoms with Gasteiger partial charge in [0.15, 0.2) is 11.4 Å². The van der Waals surface area contributed by atoms with E-state index in [1.54, 1.807) is 0 Å². The van der Waals surface area contributed by atoms with E-state index in [0.717, 1.165) is 19.3 Å². The maximum Gasteiger partial charge on any atom is 0.243 e. The van der Waals surface area contributed by atoms with E-state index in [4.69, 9.17) is 4.74 Å². The fraction of sp³-hybridized carbons (Fsp3) is 0.679. The molecule has 4 unspecified atom stereocenters. The SMILES string of the molecule is CC.CCC(NC(=O)CC1CCc2ccccc2C1)C(=O)NC(CC(C)C)C(=O)C1(CC)CO1. The first-order valence-corrected chi connectivity index (χ1v) is 13.1. The third kappa shape index (κ3) is 7.39. The Morgan fingerprint density at radius 3 is 2.26 bits per heavy atom. The lowest BCUT2D eigenvalue weighted by molar-refractivity contribution is -0.133. The number of fused-ring (bicyclic) bond motifs is 1.